The molecule has 5 rings (SSSR count). The number of carbonyl (C=O) groups is 1. The van der Waals surface area contributed by atoms with Crippen molar-refractivity contribution < 1.29 is 9.18 Å². The van der Waals surface area contributed by atoms with Gasteiger partial charge in [0, 0.05) is 23.0 Å². The van der Waals surface area contributed by atoms with Crippen molar-refractivity contribution in [3.63, 3.8) is 0 Å². The molecule has 0 fully saturated rings. The van der Waals surface area contributed by atoms with Crippen molar-refractivity contribution in [3.05, 3.63) is 113 Å². The Morgan fingerprint density at radius 3 is 2.54 bits per heavy atom. The number of allylic oxidation sites excluding steroid dienone is 1. The number of nitrogens with one attached hydrogen (secondary N) is 2. The summed E-state index contributed by atoms with van der Waals surface area (Å²) in [5.74, 6) is -0.623. The molecule has 0 aliphatic heterocycles. The summed E-state index contributed by atoms with van der Waals surface area (Å²) in [7, 11) is 0. The summed E-state index contributed by atoms with van der Waals surface area (Å²) in [6, 6.07) is 23.8. The highest BCUT2D eigenvalue weighted by atomic mass is 19.1. The number of H-pyrrole nitrogens is 1. The van der Waals surface area contributed by atoms with Crippen LogP contribution in [-0.2, 0) is 11.3 Å². The van der Waals surface area contributed by atoms with Gasteiger partial charge in [0.2, 0.25) is 5.91 Å². The number of hydrogen-bond donors (Lipinski definition) is 2. The van der Waals surface area contributed by atoms with Crippen LogP contribution in [0, 0.1) is 17.1 Å². The molecule has 2 N–H and O–H groups in total. The van der Waals surface area contributed by atoms with E-state index in [-0.39, 0.29) is 29.4 Å². The number of aromatic amines is 1. The third-order valence-corrected chi connectivity index (χ3v) is 5.56. The lowest BCUT2D eigenvalue weighted by molar-refractivity contribution is -0.116. The summed E-state index contributed by atoms with van der Waals surface area (Å²) in [6.45, 7) is -0.113. The quantitative estimate of drug-likeness (QED) is 0.337. The molecule has 0 radical (unpaired) electrons. The standard InChI is InChI=1S/C28H19FN6O2/c29-21-10-12-22(13-11-21)31-25(36)17-35-16-20(26(34-35)18-6-2-1-3-7-18)14-19(15-30)27-32-24-9-5-4-8-23(24)28(37)33-27/h1-14,16H,17H2,(H,31,36)(H,32,33,37)/b19-14+. The van der Waals surface area contributed by atoms with E-state index in [4.69, 9.17) is 0 Å². The topological polar surface area (TPSA) is 116 Å². The Kier molecular flexibility index (Phi) is 6.38. The average Bonchev–Trinajstić information content (AvgIpc) is 3.31. The van der Waals surface area contributed by atoms with Gasteiger partial charge in [-0.15, -0.1) is 0 Å². The normalized spacial score (nSPS) is 11.3. The molecule has 0 spiro atoms. The SMILES string of the molecule is N#C/C(=C\c1cn(CC(=O)Nc2ccc(F)cc2)nc1-c1ccccc1)c1nc2ccccc2c(=O)[nH]1. The summed E-state index contributed by atoms with van der Waals surface area (Å²) < 4.78 is 14.6. The second-order valence-electron chi connectivity index (χ2n) is 8.15. The Morgan fingerprint density at radius 2 is 1.78 bits per heavy atom. The summed E-state index contributed by atoms with van der Waals surface area (Å²) in [4.78, 5) is 32.3. The first-order valence-electron chi connectivity index (χ1n) is 11.3. The molecule has 3 aromatic carbocycles. The van der Waals surface area contributed by atoms with E-state index in [0.29, 0.717) is 27.8 Å². The lowest BCUT2D eigenvalue weighted by Gasteiger charge is -2.05. The number of benzene rings is 3. The van der Waals surface area contributed by atoms with E-state index < -0.39 is 5.82 Å². The summed E-state index contributed by atoms with van der Waals surface area (Å²) >= 11 is 0. The molecule has 9 heteroatoms. The lowest BCUT2D eigenvalue weighted by atomic mass is 10.1. The Balaban J connectivity index is 1.52. The number of amides is 1. The Hall–Kier alpha value is -5.36. The van der Waals surface area contributed by atoms with Gasteiger partial charge < -0.3 is 10.3 Å². The van der Waals surface area contributed by atoms with E-state index >= 15 is 0 Å². The Labute approximate surface area is 210 Å². The lowest BCUT2D eigenvalue weighted by Crippen LogP contribution is -2.19. The van der Waals surface area contributed by atoms with Crippen molar-refractivity contribution in [2.75, 3.05) is 5.32 Å². The molecule has 2 aromatic heterocycles. The van der Waals surface area contributed by atoms with Crippen LogP contribution in [0.4, 0.5) is 10.1 Å². The number of aromatic nitrogens is 4. The molecule has 0 unspecified atom stereocenters. The molecule has 180 valence electrons. The molecule has 37 heavy (non-hydrogen) atoms. The van der Waals surface area contributed by atoms with Crippen LogP contribution in [0.1, 0.15) is 11.4 Å². The predicted octanol–water partition coefficient (Wildman–Crippen LogP) is 4.63. The van der Waals surface area contributed by atoms with Crippen molar-refractivity contribution in [1.29, 1.82) is 5.26 Å². The van der Waals surface area contributed by atoms with Gasteiger partial charge in [-0.3, -0.25) is 14.3 Å². The molecule has 0 saturated heterocycles. The first kappa shape index (κ1) is 23.4. The minimum Gasteiger partial charge on any atom is -0.324 e. The second-order valence-corrected chi connectivity index (χ2v) is 8.15. The number of anilines is 1. The van der Waals surface area contributed by atoms with Crippen LogP contribution in [0.25, 0.3) is 33.8 Å². The number of rotatable bonds is 6. The van der Waals surface area contributed by atoms with Crippen LogP contribution in [0.3, 0.4) is 0 Å². The van der Waals surface area contributed by atoms with E-state index in [1.165, 1.54) is 28.9 Å². The summed E-state index contributed by atoms with van der Waals surface area (Å²) in [5, 5.41) is 17.6. The van der Waals surface area contributed by atoms with Gasteiger partial charge in [0.1, 0.15) is 18.4 Å². The Morgan fingerprint density at radius 1 is 1.05 bits per heavy atom. The zero-order chi connectivity index (χ0) is 25.8. The zero-order valence-electron chi connectivity index (χ0n) is 19.4. The molecule has 0 aliphatic rings. The van der Waals surface area contributed by atoms with Gasteiger partial charge in [-0.2, -0.15) is 10.4 Å². The largest absolute Gasteiger partial charge is 0.324 e. The van der Waals surface area contributed by atoms with Crippen LogP contribution >= 0.6 is 0 Å². The number of para-hydroxylation sites is 1. The molecule has 0 bridgehead atoms. The van der Waals surface area contributed by atoms with Crippen LogP contribution in [-0.4, -0.2) is 25.7 Å². The maximum atomic E-state index is 13.2. The number of nitriles is 1. The number of nitrogens with zero attached hydrogens (tertiary/aromatic N) is 4. The number of carbonyl (C=O) groups excluding carboxylic acids is 1. The van der Waals surface area contributed by atoms with E-state index in [1.54, 1.807) is 36.5 Å². The van der Waals surface area contributed by atoms with Gasteiger partial charge in [0.05, 0.1) is 22.2 Å². The van der Waals surface area contributed by atoms with E-state index in [0.717, 1.165) is 5.56 Å². The fourth-order valence-electron chi connectivity index (χ4n) is 3.85. The minimum atomic E-state index is -0.399. The highest BCUT2D eigenvalue weighted by Gasteiger charge is 2.15. The molecule has 1 amide bonds. The van der Waals surface area contributed by atoms with Crippen LogP contribution < -0.4 is 10.9 Å². The fourth-order valence-corrected chi connectivity index (χ4v) is 3.85. The van der Waals surface area contributed by atoms with Gasteiger partial charge in [-0.25, -0.2) is 9.37 Å². The zero-order valence-corrected chi connectivity index (χ0v) is 19.4. The smallest absolute Gasteiger partial charge is 0.259 e. The fraction of sp³-hybridized carbons (Fsp3) is 0.0357. The number of hydrogen-bond acceptors (Lipinski definition) is 5. The molecular formula is C28H19FN6O2. The second kappa shape index (κ2) is 10.1. The van der Waals surface area contributed by atoms with Crippen LogP contribution in [0.5, 0.6) is 0 Å². The highest BCUT2D eigenvalue weighted by Crippen LogP contribution is 2.26. The van der Waals surface area contributed by atoms with Crippen molar-refractivity contribution in [1.82, 2.24) is 19.7 Å². The summed E-state index contributed by atoms with van der Waals surface area (Å²) in [6.07, 6.45) is 3.22. The number of fused-ring (bicyclic) bond motifs is 1. The van der Waals surface area contributed by atoms with E-state index in [9.17, 15) is 19.2 Å². The van der Waals surface area contributed by atoms with Crippen molar-refractivity contribution >= 4 is 34.1 Å². The minimum absolute atomic E-state index is 0.113. The van der Waals surface area contributed by atoms with Gasteiger partial charge in [-0.05, 0) is 42.5 Å². The predicted molar refractivity (Wildman–Crippen MR) is 139 cm³/mol. The molecule has 2 heterocycles. The third-order valence-electron chi connectivity index (χ3n) is 5.56. The van der Waals surface area contributed by atoms with E-state index in [1.807, 2.05) is 30.3 Å². The molecule has 0 atom stereocenters. The van der Waals surface area contributed by atoms with Crippen LogP contribution in [0.2, 0.25) is 0 Å². The van der Waals surface area contributed by atoms with Crippen molar-refractivity contribution in [3.8, 4) is 17.3 Å². The van der Waals surface area contributed by atoms with Gasteiger partial charge in [-0.1, -0.05) is 42.5 Å². The molecule has 5 aromatic rings. The van der Waals surface area contributed by atoms with Gasteiger partial charge >= 0.3 is 0 Å². The maximum absolute atomic E-state index is 13.2. The average molecular weight is 490 g/mol. The Bertz CT molecular complexity index is 1730. The molecular weight excluding hydrogens is 471 g/mol. The van der Waals surface area contributed by atoms with Gasteiger partial charge in [0.15, 0.2) is 5.82 Å². The molecule has 0 aliphatic carbocycles. The third kappa shape index (κ3) is 5.18. The van der Waals surface area contributed by atoms with Gasteiger partial charge in [0.25, 0.3) is 5.56 Å². The maximum Gasteiger partial charge on any atom is 0.259 e. The van der Waals surface area contributed by atoms with Crippen LogP contribution in [0.15, 0.2) is 89.9 Å². The number of halogens is 1. The first-order chi connectivity index (χ1) is 18.0. The summed E-state index contributed by atoms with van der Waals surface area (Å²) in [5.41, 5.74) is 2.61. The van der Waals surface area contributed by atoms with E-state index in [2.05, 4.69) is 26.5 Å². The highest BCUT2D eigenvalue weighted by molar-refractivity contribution is 5.92. The molecule has 8 nitrogen and oxygen atoms in total. The van der Waals surface area contributed by atoms with Crippen molar-refractivity contribution in [2.24, 2.45) is 0 Å². The first-order valence-corrected chi connectivity index (χ1v) is 11.3. The van der Waals surface area contributed by atoms with Crippen molar-refractivity contribution in [2.45, 2.75) is 6.54 Å². The molecule has 0 saturated carbocycles. The monoisotopic (exact) mass is 490 g/mol.